The first-order valence-electron chi connectivity index (χ1n) is 9.77. The van der Waals surface area contributed by atoms with Crippen molar-refractivity contribution < 1.29 is 23.9 Å². The number of ether oxygens (including phenoxy) is 2. The molecule has 3 heterocycles. The van der Waals surface area contributed by atoms with E-state index in [2.05, 4.69) is 4.98 Å². The second kappa shape index (κ2) is 7.66. The van der Waals surface area contributed by atoms with Gasteiger partial charge in [-0.3, -0.25) is 19.3 Å². The summed E-state index contributed by atoms with van der Waals surface area (Å²) in [6.07, 6.45) is -0.238. The molecule has 9 nitrogen and oxygen atoms in total. The average Bonchev–Trinajstić information content (AvgIpc) is 2.75. The van der Waals surface area contributed by atoms with Gasteiger partial charge < -0.3 is 20.1 Å². The smallest absolute Gasteiger partial charge is 0.269 e. The predicted molar refractivity (Wildman–Crippen MR) is 110 cm³/mol. The van der Waals surface area contributed by atoms with E-state index in [-0.39, 0.29) is 42.4 Å². The van der Waals surface area contributed by atoms with Crippen LogP contribution in [0.3, 0.4) is 0 Å². The number of nitrogens with two attached hydrogens (primary N) is 1. The summed E-state index contributed by atoms with van der Waals surface area (Å²) in [5.74, 6) is 0.587. The van der Waals surface area contributed by atoms with E-state index in [9.17, 15) is 14.4 Å². The molecule has 2 aliphatic rings. The maximum atomic E-state index is 13.1. The molecule has 0 aliphatic carbocycles. The van der Waals surface area contributed by atoms with Crippen molar-refractivity contribution in [2.75, 3.05) is 35.2 Å². The van der Waals surface area contributed by atoms with Crippen molar-refractivity contribution in [2.24, 2.45) is 0 Å². The number of carbonyl (C=O) groups is 3. The zero-order chi connectivity index (χ0) is 21.4. The molecule has 0 saturated heterocycles. The lowest BCUT2D eigenvalue weighted by atomic mass is 10.1. The second-order valence-electron chi connectivity index (χ2n) is 7.03. The van der Waals surface area contributed by atoms with Crippen LogP contribution in [0.2, 0.25) is 0 Å². The summed E-state index contributed by atoms with van der Waals surface area (Å²) in [7, 11) is 0. The third kappa shape index (κ3) is 3.32. The molecule has 156 valence electrons. The topological polar surface area (TPSA) is 115 Å². The zero-order valence-electron chi connectivity index (χ0n) is 16.8. The number of hydrogen-bond donors (Lipinski definition) is 1. The highest BCUT2D eigenvalue weighted by Crippen LogP contribution is 2.35. The van der Waals surface area contributed by atoms with Crippen LogP contribution in [0, 0.1) is 0 Å². The number of fused-ring (bicyclic) bond motifs is 2. The van der Waals surface area contributed by atoms with Crippen molar-refractivity contribution in [3.05, 3.63) is 35.9 Å². The molecular formula is C21H22N4O5. The van der Waals surface area contributed by atoms with Gasteiger partial charge in [-0.05, 0) is 43.7 Å². The Hall–Kier alpha value is -3.62. The number of hydrogen-bond acceptors (Lipinski definition) is 7. The minimum atomic E-state index is -0.694. The summed E-state index contributed by atoms with van der Waals surface area (Å²) in [4.78, 5) is 45.1. The van der Waals surface area contributed by atoms with Crippen LogP contribution in [0.4, 0.5) is 17.3 Å². The molecule has 2 N–H and O–H groups in total. The molecule has 1 aromatic heterocycles. The minimum Gasteiger partial charge on any atom is -0.482 e. The lowest BCUT2D eigenvalue weighted by Gasteiger charge is -2.33. The van der Waals surface area contributed by atoms with Gasteiger partial charge in [0.15, 0.2) is 30.1 Å². The molecule has 2 amide bonds. The summed E-state index contributed by atoms with van der Waals surface area (Å²) in [6, 6.07) is 8.14. The normalized spacial score (nSPS) is 17.7. The highest BCUT2D eigenvalue weighted by Gasteiger charge is 2.36. The highest BCUT2D eigenvalue weighted by molar-refractivity contribution is 6.09. The van der Waals surface area contributed by atoms with Crippen molar-refractivity contribution in [3.8, 4) is 11.5 Å². The van der Waals surface area contributed by atoms with Crippen molar-refractivity contribution in [2.45, 2.75) is 26.4 Å². The van der Waals surface area contributed by atoms with E-state index in [4.69, 9.17) is 15.2 Å². The van der Waals surface area contributed by atoms with Gasteiger partial charge in [0, 0.05) is 12.1 Å². The number of anilines is 3. The Kier molecular flexibility index (Phi) is 5.03. The molecule has 1 aromatic carbocycles. The van der Waals surface area contributed by atoms with Crippen molar-refractivity contribution in [3.63, 3.8) is 0 Å². The minimum absolute atomic E-state index is 0.0291. The Morgan fingerprint density at radius 1 is 1.17 bits per heavy atom. The third-order valence-electron chi connectivity index (χ3n) is 5.14. The number of ketones is 1. The number of Topliss-reactive ketones (excluding diaryl/α,β-unsaturated/α-hetero) is 1. The van der Waals surface area contributed by atoms with Crippen molar-refractivity contribution >= 4 is 34.9 Å². The standard InChI is InChI=1S/C21H22N4O5/c1-3-15-21(28)25(20-17(30-15)7-8-18(22)23-20)10-14(26)12-5-6-16-13(9-12)24(4-2)19(27)11-29-16/h5-9,15H,3-4,10-11H2,1-2H3,(H2,22,23). The largest absolute Gasteiger partial charge is 0.482 e. The Bertz CT molecular complexity index is 1040. The van der Waals surface area contributed by atoms with E-state index < -0.39 is 6.10 Å². The Morgan fingerprint density at radius 2 is 1.93 bits per heavy atom. The molecule has 9 heteroatoms. The maximum Gasteiger partial charge on any atom is 0.269 e. The second-order valence-corrected chi connectivity index (χ2v) is 7.03. The van der Waals surface area contributed by atoms with Crippen LogP contribution in [0.1, 0.15) is 30.6 Å². The van der Waals surface area contributed by atoms with Gasteiger partial charge in [0.25, 0.3) is 11.8 Å². The van der Waals surface area contributed by atoms with Gasteiger partial charge in [0.05, 0.1) is 12.2 Å². The lowest BCUT2D eigenvalue weighted by molar-refractivity contribution is -0.126. The molecule has 0 fully saturated rings. The fourth-order valence-electron chi connectivity index (χ4n) is 3.59. The fraction of sp³-hybridized carbons (Fsp3) is 0.333. The van der Waals surface area contributed by atoms with Gasteiger partial charge in [-0.25, -0.2) is 4.98 Å². The number of aromatic nitrogens is 1. The Labute approximate surface area is 173 Å². The third-order valence-corrected chi connectivity index (χ3v) is 5.14. The van der Waals surface area contributed by atoms with Gasteiger partial charge in [-0.2, -0.15) is 0 Å². The molecule has 2 aliphatic heterocycles. The molecule has 1 atom stereocenters. The molecular weight excluding hydrogens is 388 g/mol. The monoisotopic (exact) mass is 410 g/mol. The quantitative estimate of drug-likeness (QED) is 0.747. The van der Waals surface area contributed by atoms with Gasteiger partial charge >= 0.3 is 0 Å². The average molecular weight is 410 g/mol. The molecule has 0 spiro atoms. The number of nitrogen functional groups attached to an aromatic ring is 1. The van der Waals surface area contributed by atoms with Crippen LogP contribution in [-0.4, -0.2) is 48.4 Å². The first-order valence-corrected chi connectivity index (χ1v) is 9.77. The maximum absolute atomic E-state index is 13.1. The molecule has 0 saturated carbocycles. The number of rotatable bonds is 5. The first-order chi connectivity index (χ1) is 14.4. The van der Waals surface area contributed by atoms with E-state index in [1.54, 1.807) is 35.2 Å². The Balaban J connectivity index is 1.66. The summed E-state index contributed by atoms with van der Waals surface area (Å²) < 4.78 is 11.1. The van der Waals surface area contributed by atoms with Crippen LogP contribution in [0.15, 0.2) is 30.3 Å². The van der Waals surface area contributed by atoms with Crippen LogP contribution in [0.5, 0.6) is 11.5 Å². The summed E-state index contributed by atoms with van der Waals surface area (Å²) in [5, 5.41) is 0. The fourth-order valence-corrected chi connectivity index (χ4v) is 3.59. The predicted octanol–water partition coefficient (Wildman–Crippen LogP) is 1.80. The molecule has 0 radical (unpaired) electrons. The summed E-state index contributed by atoms with van der Waals surface area (Å²) in [6.45, 7) is 3.90. The number of likely N-dealkylation sites (N-methyl/N-ethyl adjacent to an activating group) is 1. The van der Waals surface area contributed by atoms with E-state index in [1.165, 1.54) is 4.90 Å². The number of nitrogens with zero attached hydrogens (tertiary/aromatic N) is 3. The molecule has 0 bridgehead atoms. The molecule has 1 unspecified atom stereocenters. The summed E-state index contributed by atoms with van der Waals surface area (Å²) in [5.41, 5.74) is 6.69. The van der Waals surface area contributed by atoms with E-state index in [0.29, 0.717) is 35.7 Å². The van der Waals surface area contributed by atoms with E-state index >= 15 is 0 Å². The number of amides is 2. The number of pyridine rings is 1. The van der Waals surface area contributed by atoms with Crippen LogP contribution in [-0.2, 0) is 9.59 Å². The molecule has 2 aromatic rings. The van der Waals surface area contributed by atoms with Gasteiger partial charge in [-0.1, -0.05) is 6.92 Å². The van der Waals surface area contributed by atoms with E-state index in [1.807, 2.05) is 13.8 Å². The van der Waals surface area contributed by atoms with Gasteiger partial charge in [-0.15, -0.1) is 0 Å². The molecule has 4 rings (SSSR count). The van der Waals surface area contributed by atoms with Crippen LogP contribution in [0.25, 0.3) is 0 Å². The van der Waals surface area contributed by atoms with Gasteiger partial charge in [0.2, 0.25) is 0 Å². The number of carbonyl (C=O) groups excluding carboxylic acids is 3. The van der Waals surface area contributed by atoms with Crippen molar-refractivity contribution in [1.29, 1.82) is 0 Å². The molecule has 30 heavy (non-hydrogen) atoms. The highest BCUT2D eigenvalue weighted by atomic mass is 16.5. The number of benzene rings is 1. The Morgan fingerprint density at radius 3 is 2.67 bits per heavy atom. The SMILES string of the molecule is CCC1Oc2ccc(N)nc2N(CC(=O)c2ccc3c(c2)N(CC)C(=O)CO3)C1=O. The van der Waals surface area contributed by atoms with Crippen LogP contribution < -0.4 is 25.0 Å². The van der Waals surface area contributed by atoms with E-state index in [0.717, 1.165) is 0 Å². The zero-order valence-corrected chi connectivity index (χ0v) is 16.8. The first kappa shape index (κ1) is 19.7. The van der Waals surface area contributed by atoms with Crippen LogP contribution >= 0.6 is 0 Å². The summed E-state index contributed by atoms with van der Waals surface area (Å²) >= 11 is 0. The lowest BCUT2D eigenvalue weighted by Crippen LogP contribution is -2.48. The van der Waals surface area contributed by atoms with Crippen molar-refractivity contribution in [1.82, 2.24) is 4.98 Å². The van der Waals surface area contributed by atoms with Gasteiger partial charge in [0.1, 0.15) is 11.6 Å².